The molecular weight excluding hydrogens is 250 g/mol. The zero-order valence-corrected chi connectivity index (χ0v) is 11.0. The molecule has 0 aliphatic heterocycles. The molecule has 0 spiro atoms. The Kier molecular flexibility index (Phi) is 2.37. The van der Waals surface area contributed by atoms with Gasteiger partial charge in [-0.05, 0) is 31.0 Å². The number of nitrogens with one attached hydrogen (secondary N) is 1. The summed E-state index contributed by atoms with van der Waals surface area (Å²) in [5.41, 5.74) is 9.86. The Bertz CT molecular complexity index is 773. The van der Waals surface area contributed by atoms with Gasteiger partial charge in [0, 0.05) is 23.7 Å². The van der Waals surface area contributed by atoms with Gasteiger partial charge >= 0.3 is 0 Å². The molecule has 0 amide bonds. The zero-order valence-electron chi connectivity index (χ0n) is 11.0. The number of aromatic amines is 1. The monoisotopic (exact) mass is 265 g/mol. The molecule has 0 saturated heterocycles. The molecule has 0 bridgehead atoms. The van der Waals surface area contributed by atoms with Gasteiger partial charge in [0.25, 0.3) is 0 Å². The average Bonchev–Trinajstić information content (AvgIpc) is 3.17. The maximum Gasteiger partial charge on any atom is 0.136 e. The third-order valence-electron chi connectivity index (χ3n) is 4.09. The molecule has 1 aliphatic carbocycles. The second-order valence-electron chi connectivity index (χ2n) is 5.38. The molecule has 0 radical (unpaired) electrons. The van der Waals surface area contributed by atoms with Crippen molar-refractivity contribution in [3.63, 3.8) is 0 Å². The molecule has 3 aromatic rings. The summed E-state index contributed by atoms with van der Waals surface area (Å²) in [5.74, 6) is 0.877. The van der Waals surface area contributed by atoms with Crippen molar-refractivity contribution in [2.45, 2.75) is 18.3 Å². The first-order valence-corrected chi connectivity index (χ1v) is 6.78. The Hall–Kier alpha value is -2.27. The van der Waals surface area contributed by atoms with Crippen molar-refractivity contribution in [1.29, 1.82) is 0 Å². The number of benzene rings is 1. The molecule has 1 aliphatic rings. The minimum atomic E-state index is 0.0219. The molecule has 1 aromatic carbocycles. The summed E-state index contributed by atoms with van der Waals surface area (Å²) < 4.78 is 0. The van der Waals surface area contributed by atoms with Crippen molar-refractivity contribution < 1.29 is 0 Å². The molecule has 20 heavy (non-hydrogen) atoms. The van der Waals surface area contributed by atoms with Gasteiger partial charge in [-0.1, -0.05) is 6.07 Å². The van der Waals surface area contributed by atoms with Crippen molar-refractivity contribution in [2.75, 3.05) is 6.54 Å². The highest BCUT2D eigenvalue weighted by Gasteiger charge is 2.45. The summed E-state index contributed by atoms with van der Waals surface area (Å²) in [7, 11) is 0. The molecule has 3 N–H and O–H groups in total. The number of rotatable bonds is 3. The van der Waals surface area contributed by atoms with E-state index < -0.39 is 0 Å². The molecule has 4 rings (SSSR count). The van der Waals surface area contributed by atoms with Crippen LogP contribution in [-0.2, 0) is 5.41 Å². The van der Waals surface area contributed by atoms with Gasteiger partial charge in [0.05, 0.1) is 23.1 Å². The van der Waals surface area contributed by atoms with Gasteiger partial charge in [-0.2, -0.15) is 0 Å². The fourth-order valence-corrected chi connectivity index (χ4v) is 2.54. The summed E-state index contributed by atoms with van der Waals surface area (Å²) in [6, 6.07) is 8.04. The first-order valence-electron chi connectivity index (χ1n) is 6.78. The molecule has 1 saturated carbocycles. The van der Waals surface area contributed by atoms with E-state index in [4.69, 9.17) is 10.7 Å². The van der Waals surface area contributed by atoms with Crippen molar-refractivity contribution in [3.05, 3.63) is 42.6 Å². The molecule has 1 fully saturated rings. The second-order valence-corrected chi connectivity index (χ2v) is 5.38. The van der Waals surface area contributed by atoms with E-state index >= 15 is 0 Å². The maximum atomic E-state index is 5.86. The summed E-state index contributed by atoms with van der Waals surface area (Å²) >= 11 is 0. The fourth-order valence-electron chi connectivity index (χ4n) is 2.54. The molecule has 2 heterocycles. The highest BCUT2D eigenvalue weighted by atomic mass is 14.9. The first-order chi connectivity index (χ1) is 9.81. The van der Waals surface area contributed by atoms with E-state index in [2.05, 4.69) is 21.0 Å². The summed E-state index contributed by atoms with van der Waals surface area (Å²) in [6.07, 6.45) is 5.71. The Morgan fingerprint density at radius 3 is 2.90 bits per heavy atom. The van der Waals surface area contributed by atoms with Crippen molar-refractivity contribution in [3.8, 4) is 11.3 Å². The Balaban J connectivity index is 1.79. The Labute approximate surface area is 116 Å². The number of aromatic nitrogens is 4. The minimum Gasteiger partial charge on any atom is -0.345 e. The van der Waals surface area contributed by atoms with Crippen LogP contribution in [0, 0.1) is 0 Å². The fraction of sp³-hybridized carbons (Fsp3) is 0.267. The Morgan fingerprint density at radius 2 is 2.10 bits per heavy atom. The van der Waals surface area contributed by atoms with Gasteiger partial charge in [0.2, 0.25) is 0 Å². The molecule has 5 heteroatoms. The van der Waals surface area contributed by atoms with Gasteiger partial charge in [-0.3, -0.25) is 0 Å². The van der Waals surface area contributed by atoms with E-state index in [9.17, 15) is 0 Å². The molecule has 0 atom stereocenters. The van der Waals surface area contributed by atoms with Crippen LogP contribution in [0.15, 0.2) is 36.8 Å². The molecule has 0 unspecified atom stereocenters. The lowest BCUT2D eigenvalue weighted by atomic mass is 10.1. The lowest BCUT2D eigenvalue weighted by Crippen LogP contribution is -2.22. The number of hydrogen-bond acceptors (Lipinski definition) is 4. The van der Waals surface area contributed by atoms with Crippen LogP contribution in [0.3, 0.4) is 0 Å². The van der Waals surface area contributed by atoms with E-state index in [-0.39, 0.29) is 5.41 Å². The third kappa shape index (κ3) is 1.71. The number of fused-ring (bicyclic) bond motifs is 1. The van der Waals surface area contributed by atoms with Crippen LogP contribution in [0.2, 0.25) is 0 Å². The standard InChI is InChI=1S/C15H15N5/c16-8-15(4-5-15)14-17-6-3-11(20-14)10-1-2-12-13(7-10)19-9-18-12/h1-3,6-7,9H,4-5,8,16H2,(H,18,19). The van der Waals surface area contributed by atoms with E-state index in [0.29, 0.717) is 6.54 Å². The smallest absolute Gasteiger partial charge is 0.136 e. The molecule has 100 valence electrons. The summed E-state index contributed by atoms with van der Waals surface area (Å²) in [4.78, 5) is 16.5. The van der Waals surface area contributed by atoms with Gasteiger partial charge in [0.15, 0.2) is 0 Å². The SMILES string of the molecule is NCC1(c2nccc(-c3ccc4nc[nH]c4c3)n2)CC1. The topological polar surface area (TPSA) is 80.5 Å². The van der Waals surface area contributed by atoms with Crippen LogP contribution in [0.25, 0.3) is 22.3 Å². The predicted octanol–water partition coefficient (Wildman–Crippen LogP) is 2.01. The second kappa shape index (κ2) is 4.11. The minimum absolute atomic E-state index is 0.0219. The Morgan fingerprint density at radius 1 is 1.20 bits per heavy atom. The van der Waals surface area contributed by atoms with E-state index in [1.165, 1.54) is 0 Å². The predicted molar refractivity (Wildman–Crippen MR) is 77.1 cm³/mol. The highest BCUT2D eigenvalue weighted by molar-refractivity contribution is 5.80. The third-order valence-corrected chi connectivity index (χ3v) is 4.09. The van der Waals surface area contributed by atoms with E-state index in [1.54, 1.807) is 6.33 Å². The number of imidazole rings is 1. The average molecular weight is 265 g/mol. The van der Waals surface area contributed by atoms with Gasteiger partial charge in [0.1, 0.15) is 5.82 Å². The van der Waals surface area contributed by atoms with Crippen LogP contribution in [-0.4, -0.2) is 26.5 Å². The molecule has 2 aromatic heterocycles. The number of hydrogen-bond donors (Lipinski definition) is 2. The number of nitrogens with zero attached hydrogens (tertiary/aromatic N) is 3. The van der Waals surface area contributed by atoms with Gasteiger partial charge < -0.3 is 10.7 Å². The zero-order chi connectivity index (χ0) is 13.6. The van der Waals surface area contributed by atoms with Gasteiger partial charge in [-0.25, -0.2) is 15.0 Å². The maximum absolute atomic E-state index is 5.86. The van der Waals surface area contributed by atoms with E-state index in [0.717, 1.165) is 41.0 Å². The first kappa shape index (κ1) is 11.5. The van der Waals surface area contributed by atoms with Crippen molar-refractivity contribution in [2.24, 2.45) is 5.73 Å². The number of H-pyrrole nitrogens is 1. The quantitative estimate of drug-likeness (QED) is 0.759. The summed E-state index contributed by atoms with van der Waals surface area (Å²) in [5, 5.41) is 0. The van der Waals surface area contributed by atoms with Gasteiger partial charge in [-0.15, -0.1) is 0 Å². The summed E-state index contributed by atoms with van der Waals surface area (Å²) in [6.45, 7) is 0.621. The van der Waals surface area contributed by atoms with Crippen molar-refractivity contribution >= 4 is 11.0 Å². The van der Waals surface area contributed by atoms with Crippen LogP contribution in [0.5, 0.6) is 0 Å². The number of nitrogens with two attached hydrogens (primary N) is 1. The van der Waals surface area contributed by atoms with Crippen LogP contribution in [0.1, 0.15) is 18.7 Å². The van der Waals surface area contributed by atoms with Crippen molar-refractivity contribution in [1.82, 2.24) is 19.9 Å². The van der Waals surface area contributed by atoms with Crippen LogP contribution in [0.4, 0.5) is 0 Å². The largest absolute Gasteiger partial charge is 0.345 e. The van der Waals surface area contributed by atoms with Crippen LogP contribution >= 0.6 is 0 Å². The normalized spacial score (nSPS) is 16.4. The molecular formula is C15H15N5. The van der Waals surface area contributed by atoms with Crippen LogP contribution < -0.4 is 5.73 Å². The highest BCUT2D eigenvalue weighted by Crippen LogP contribution is 2.45. The lowest BCUT2D eigenvalue weighted by molar-refractivity contribution is 0.649. The van der Waals surface area contributed by atoms with E-state index in [1.807, 2.05) is 24.4 Å². The lowest BCUT2D eigenvalue weighted by Gasteiger charge is -2.11. The molecule has 5 nitrogen and oxygen atoms in total.